The van der Waals surface area contributed by atoms with E-state index >= 15 is 0 Å². The van der Waals surface area contributed by atoms with E-state index in [1.165, 1.54) is 11.3 Å². The average Bonchev–Trinajstić information content (AvgIpc) is 3.39. The zero-order valence-corrected chi connectivity index (χ0v) is 19.3. The fraction of sp³-hybridized carbons (Fsp3) is 0.381. The van der Waals surface area contributed by atoms with Crippen LogP contribution >= 0.6 is 21.9 Å². The molecule has 0 unspecified atom stereocenters. The number of carbonyl (C=O) groups is 1. The second kappa shape index (κ2) is 10.7. The average molecular weight is 496 g/mol. The number of rotatable bonds is 11. The molecule has 1 aromatic carbocycles. The Morgan fingerprint density at radius 3 is 2.79 bits per heavy atom. The van der Waals surface area contributed by atoms with E-state index in [1.807, 2.05) is 0 Å². The molecule has 1 aliphatic carbocycles. The molecule has 2 heterocycles. The molecule has 33 heavy (non-hydrogen) atoms. The van der Waals surface area contributed by atoms with E-state index in [4.69, 9.17) is 19.4 Å². The number of nitrogens with one attached hydrogen (secondary N) is 1. The summed E-state index contributed by atoms with van der Waals surface area (Å²) < 4.78 is 31.3. The molecule has 12 heteroatoms. The van der Waals surface area contributed by atoms with Gasteiger partial charge in [0, 0.05) is 29.5 Å². The lowest BCUT2D eigenvalue weighted by Gasteiger charge is -2.30. The fourth-order valence-corrected chi connectivity index (χ4v) is 5.11. The van der Waals surface area contributed by atoms with Gasteiger partial charge < -0.3 is 19.4 Å². The van der Waals surface area contributed by atoms with Gasteiger partial charge in [0.25, 0.3) is 5.91 Å². The monoisotopic (exact) mass is 495 g/mol. The molecule has 1 atom stereocenters. The number of hydrogen-bond acceptors (Lipinski definition) is 10. The van der Waals surface area contributed by atoms with Crippen LogP contribution in [0.15, 0.2) is 51.5 Å². The Hall–Kier alpha value is -2.32. The molecule has 0 saturated carbocycles. The van der Waals surface area contributed by atoms with Crippen LogP contribution in [0.1, 0.15) is 23.3 Å². The maximum atomic E-state index is 13.0. The van der Waals surface area contributed by atoms with Gasteiger partial charge in [-0.1, -0.05) is 34.7 Å². The molecular weight excluding hydrogens is 470 g/mol. The summed E-state index contributed by atoms with van der Waals surface area (Å²) in [6, 6.07) is 6.36. The molecule has 2 aromatic rings. The highest BCUT2D eigenvalue weighted by atomic mass is 32.3. The lowest BCUT2D eigenvalue weighted by atomic mass is 10.1. The summed E-state index contributed by atoms with van der Waals surface area (Å²) in [6.45, 7) is 1.40. The molecule has 1 aliphatic heterocycles. The lowest BCUT2D eigenvalue weighted by molar-refractivity contribution is -0.110. The molecule has 1 saturated heterocycles. The third-order valence-electron chi connectivity index (χ3n) is 4.84. The molecule has 1 amide bonds. The van der Waals surface area contributed by atoms with E-state index < -0.39 is 16.5 Å². The SMILES string of the molecule is O=C(Nc1ncc(COCCO)s1)C(=NO[C@@H]1CCOC1)c1ccc(S(O)(O)C2=CC2)cc1. The Labute approximate surface area is 196 Å². The van der Waals surface area contributed by atoms with Gasteiger partial charge in [0.2, 0.25) is 0 Å². The first kappa shape index (κ1) is 23.8. The lowest BCUT2D eigenvalue weighted by Crippen LogP contribution is -2.25. The van der Waals surface area contributed by atoms with Crippen LogP contribution in [0.4, 0.5) is 5.13 Å². The Morgan fingerprint density at radius 2 is 2.12 bits per heavy atom. The number of allylic oxidation sites excluding steroid dienone is 2. The van der Waals surface area contributed by atoms with Crippen molar-refractivity contribution in [2.75, 3.05) is 31.7 Å². The Bertz CT molecular complexity index is 1030. The van der Waals surface area contributed by atoms with Gasteiger partial charge in [-0.2, -0.15) is 0 Å². The van der Waals surface area contributed by atoms with Crippen LogP contribution in [0, 0.1) is 0 Å². The maximum absolute atomic E-state index is 13.0. The molecule has 1 fully saturated rings. The molecule has 4 N–H and O–H groups in total. The highest BCUT2D eigenvalue weighted by Gasteiger charge is 2.28. The Morgan fingerprint density at radius 1 is 1.33 bits per heavy atom. The summed E-state index contributed by atoms with van der Waals surface area (Å²) in [5.41, 5.74) is 0.488. The molecule has 10 nitrogen and oxygen atoms in total. The number of hydrogen-bond donors (Lipinski definition) is 4. The van der Waals surface area contributed by atoms with Gasteiger partial charge in [0.1, 0.15) is 0 Å². The van der Waals surface area contributed by atoms with E-state index in [0.29, 0.717) is 46.6 Å². The predicted octanol–water partition coefficient (Wildman–Crippen LogP) is 3.20. The standard InChI is InChI=1S/C21H25N3O7S2/c25-8-10-30-13-16-11-22-21(32-16)23-20(26)19(24-31-15-7-9-29-12-15)14-1-3-17(4-2-14)33(27,28)18-5-6-18/h1-5,11,15,25,27-28H,6-10,12-13H2,(H,22,23,26)/t15-/m1/s1. The van der Waals surface area contributed by atoms with E-state index in [2.05, 4.69) is 15.5 Å². The van der Waals surface area contributed by atoms with Gasteiger partial charge in [-0.3, -0.25) is 19.2 Å². The minimum Gasteiger partial charge on any atom is -0.394 e. The van der Waals surface area contributed by atoms with Gasteiger partial charge >= 0.3 is 0 Å². The van der Waals surface area contributed by atoms with Crippen LogP contribution in [0.25, 0.3) is 0 Å². The van der Waals surface area contributed by atoms with Crippen LogP contribution in [-0.4, -0.2) is 63.3 Å². The Kier molecular flexibility index (Phi) is 7.75. The molecule has 178 valence electrons. The zero-order valence-electron chi connectivity index (χ0n) is 17.7. The summed E-state index contributed by atoms with van der Waals surface area (Å²) in [5.74, 6) is -0.518. The normalized spacial score (nSPS) is 18.7. The first-order valence-corrected chi connectivity index (χ1v) is 12.7. The maximum Gasteiger partial charge on any atom is 0.280 e. The van der Waals surface area contributed by atoms with Crippen LogP contribution in [0.3, 0.4) is 0 Å². The zero-order chi connectivity index (χ0) is 23.3. The first-order chi connectivity index (χ1) is 16.0. The van der Waals surface area contributed by atoms with Crippen molar-refractivity contribution in [3.8, 4) is 0 Å². The molecule has 1 aromatic heterocycles. The topological polar surface area (TPSA) is 143 Å². The number of oxime groups is 1. The van der Waals surface area contributed by atoms with E-state index in [-0.39, 0.29) is 31.6 Å². The summed E-state index contributed by atoms with van der Waals surface area (Å²) >= 11 is 1.25. The van der Waals surface area contributed by atoms with E-state index in [9.17, 15) is 13.9 Å². The van der Waals surface area contributed by atoms with Crippen molar-refractivity contribution in [3.05, 3.63) is 51.9 Å². The predicted molar refractivity (Wildman–Crippen MR) is 125 cm³/mol. The number of anilines is 1. The quantitative estimate of drug-likeness (QED) is 0.211. The van der Waals surface area contributed by atoms with Crippen molar-refractivity contribution in [3.63, 3.8) is 0 Å². The van der Waals surface area contributed by atoms with Crippen LogP contribution < -0.4 is 5.32 Å². The smallest absolute Gasteiger partial charge is 0.280 e. The number of aromatic nitrogens is 1. The van der Waals surface area contributed by atoms with Gasteiger partial charge in [-0.05, 0) is 12.1 Å². The van der Waals surface area contributed by atoms with Crippen molar-refractivity contribution in [1.29, 1.82) is 0 Å². The van der Waals surface area contributed by atoms with Crippen molar-refractivity contribution in [1.82, 2.24) is 4.98 Å². The number of amides is 1. The second-order valence-electron chi connectivity index (χ2n) is 7.34. The number of aliphatic hydroxyl groups is 1. The second-order valence-corrected chi connectivity index (χ2v) is 10.5. The number of carbonyl (C=O) groups excluding carboxylic acids is 1. The van der Waals surface area contributed by atoms with Gasteiger partial charge in [0.05, 0.1) is 42.8 Å². The number of nitrogens with zero attached hydrogens (tertiary/aromatic N) is 2. The molecule has 0 bridgehead atoms. The third kappa shape index (κ3) is 6.18. The van der Waals surface area contributed by atoms with Crippen molar-refractivity contribution < 1.29 is 33.3 Å². The number of aliphatic hydroxyl groups excluding tert-OH is 1. The Balaban J connectivity index is 1.50. The van der Waals surface area contributed by atoms with Gasteiger partial charge in [-0.25, -0.2) is 4.98 Å². The molecule has 0 radical (unpaired) electrons. The molecule has 0 spiro atoms. The van der Waals surface area contributed by atoms with Crippen LogP contribution in [0.5, 0.6) is 0 Å². The highest BCUT2D eigenvalue weighted by molar-refractivity contribution is 8.27. The summed E-state index contributed by atoms with van der Waals surface area (Å²) in [7, 11) is -2.97. The molecule has 2 aliphatic rings. The van der Waals surface area contributed by atoms with Crippen molar-refractivity contribution >= 4 is 38.7 Å². The minimum atomic E-state index is -2.97. The van der Waals surface area contributed by atoms with Gasteiger partial charge in [0.15, 0.2) is 16.9 Å². The highest BCUT2D eigenvalue weighted by Crippen LogP contribution is 2.61. The van der Waals surface area contributed by atoms with Gasteiger partial charge in [-0.15, -0.1) is 10.6 Å². The minimum absolute atomic E-state index is 0.0313. The fourth-order valence-electron chi connectivity index (χ4n) is 3.00. The van der Waals surface area contributed by atoms with Crippen LogP contribution in [-0.2, 0) is 25.7 Å². The third-order valence-corrected chi connectivity index (χ3v) is 7.72. The summed E-state index contributed by atoms with van der Waals surface area (Å²) in [6.07, 6.45) is 4.40. The van der Waals surface area contributed by atoms with Crippen molar-refractivity contribution in [2.24, 2.45) is 5.16 Å². The number of thiazole rings is 1. The summed E-state index contributed by atoms with van der Waals surface area (Å²) in [4.78, 5) is 24.5. The molecular formula is C21H25N3O7S2. The largest absolute Gasteiger partial charge is 0.394 e. The van der Waals surface area contributed by atoms with Crippen molar-refractivity contribution in [2.45, 2.75) is 30.4 Å². The number of ether oxygens (including phenoxy) is 2. The molecule has 4 rings (SSSR count). The van der Waals surface area contributed by atoms with Crippen LogP contribution in [0.2, 0.25) is 0 Å². The van der Waals surface area contributed by atoms with E-state index in [1.54, 1.807) is 36.5 Å². The summed E-state index contributed by atoms with van der Waals surface area (Å²) in [5, 5.41) is 16.0. The van der Waals surface area contributed by atoms with E-state index in [0.717, 1.165) is 4.88 Å². The first-order valence-electron chi connectivity index (χ1n) is 10.3. The number of benzene rings is 1.